The van der Waals surface area contributed by atoms with Crippen molar-refractivity contribution < 1.29 is 4.79 Å². The third-order valence-corrected chi connectivity index (χ3v) is 3.94. The molecule has 0 fully saturated rings. The maximum absolute atomic E-state index is 12.7. The van der Waals surface area contributed by atoms with Crippen molar-refractivity contribution in [2.75, 3.05) is 5.32 Å². The summed E-state index contributed by atoms with van der Waals surface area (Å²) in [5.74, 6) is -0.124. The summed E-state index contributed by atoms with van der Waals surface area (Å²) < 4.78 is 1.51. The first-order valence-electron chi connectivity index (χ1n) is 8.24. The fourth-order valence-corrected chi connectivity index (χ4v) is 2.56. The molecule has 3 rings (SSSR count). The standard InChI is InChI=1S/C20H20N4O2/c1-13-4-10-18(11-5-13)24-20(26)19(14(2)23-24)12-21-16-6-8-17(9-7-16)22-15(3)25/h4-12,23H,1-3H3,(H,22,25). The van der Waals surface area contributed by atoms with Gasteiger partial charge in [0.25, 0.3) is 5.56 Å². The lowest BCUT2D eigenvalue weighted by Crippen LogP contribution is -2.17. The number of nitrogens with one attached hydrogen (secondary N) is 2. The molecule has 0 bridgehead atoms. The number of anilines is 1. The molecule has 1 aromatic heterocycles. The lowest BCUT2D eigenvalue weighted by Gasteiger charge is -2.01. The number of carbonyl (C=O) groups excluding carboxylic acids is 1. The number of amides is 1. The van der Waals surface area contributed by atoms with E-state index in [2.05, 4.69) is 15.4 Å². The summed E-state index contributed by atoms with van der Waals surface area (Å²) in [5.41, 5.74) is 4.42. The van der Waals surface area contributed by atoms with Crippen LogP contribution in [0.4, 0.5) is 11.4 Å². The average Bonchev–Trinajstić information content (AvgIpc) is 2.89. The molecule has 0 radical (unpaired) electrons. The third-order valence-electron chi connectivity index (χ3n) is 3.94. The number of H-pyrrole nitrogens is 1. The Kier molecular flexibility index (Phi) is 4.84. The molecule has 2 aromatic carbocycles. The Morgan fingerprint density at radius 1 is 1.08 bits per heavy atom. The smallest absolute Gasteiger partial charge is 0.280 e. The highest BCUT2D eigenvalue weighted by molar-refractivity contribution is 5.89. The van der Waals surface area contributed by atoms with Crippen LogP contribution in [0, 0.1) is 13.8 Å². The predicted octanol–water partition coefficient (Wildman–Crippen LogP) is 3.49. The molecule has 0 saturated carbocycles. The molecule has 1 heterocycles. The molecule has 2 N–H and O–H groups in total. The van der Waals surface area contributed by atoms with Crippen LogP contribution in [0.15, 0.2) is 58.3 Å². The van der Waals surface area contributed by atoms with E-state index in [0.717, 1.165) is 16.9 Å². The maximum Gasteiger partial charge on any atom is 0.280 e. The average molecular weight is 348 g/mol. The summed E-state index contributed by atoms with van der Waals surface area (Å²) in [6, 6.07) is 14.8. The van der Waals surface area contributed by atoms with Gasteiger partial charge < -0.3 is 5.32 Å². The van der Waals surface area contributed by atoms with Crippen LogP contribution in [-0.4, -0.2) is 21.9 Å². The lowest BCUT2D eigenvalue weighted by molar-refractivity contribution is -0.114. The van der Waals surface area contributed by atoms with Crippen LogP contribution in [0.1, 0.15) is 23.7 Å². The second-order valence-corrected chi connectivity index (χ2v) is 6.11. The third kappa shape index (κ3) is 3.80. The van der Waals surface area contributed by atoms with Crippen molar-refractivity contribution >= 4 is 23.5 Å². The zero-order chi connectivity index (χ0) is 18.7. The van der Waals surface area contributed by atoms with E-state index in [-0.39, 0.29) is 11.5 Å². The van der Waals surface area contributed by atoms with Crippen molar-refractivity contribution in [3.63, 3.8) is 0 Å². The number of benzene rings is 2. The van der Waals surface area contributed by atoms with Gasteiger partial charge in [-0.3, -0.25) is 19.7 Å². The minimum absolute atomic E-state index is 0.124. The monoisotopic (exact) mass is 348 g/mol. The highest BCUT2D eigenvalue weighted by atomic mass is 16.1. The molecule has 0 aliphatic heterocycles. The summed E-state index contributed by atoms with van der Waals surface area (Å²) in [4.78, 5) is 28.1. The SMILES string of the molecule is CC(=O)Nc1ccc(N=Cc2c(C)[nH]n(-c3ccc(C)cc3)c2=O)cc1. The topological polar surface area (TPSA) is 79.2 Å². The first-order valence-corrected chi connectivity index (χ1v) is 8.24. The molecule has 0 atom stereocenters. The van der Waals surface area contributed by atoms with Gasteiger partial charge in [0.2, 0.25) is 5.91 Å². The number of aromatic amines is 1. The number of aromatic nitrogens is 2. The Hall–Kier alpha value is -3.41. The Labute approximate surface area is 151 Å². The van der Waals surface area contributed by atoms with Gasteiger partial charge in [0, 0.05) is 24.5 Å². The van der Waals surface area contributed by atoms with Crippen molar-refractivity contribution in [2.45, 2.75) is 20.8 Å². The van der Waals surface area contributed by atoms with E-state index in [4.69, 9.17) is 0 Å². The molecule has 6 nitrogen and oxygen atoms in total. The van der Waals surface area contributed by atoms with Crippen molar-refractivity contribution in [2.24, 2.45) is 4.99 Å². The Bertz CT molecular complexity index is 1010. The van der Waals surface area contributed by atoms with Gasteiger partial charge in [-0.05, 0) is 50.2 Å². The molecule has 132 valence electrons. The van der Waals surface area contributed by atoms with Crippen LogP contribution >= 0.6 is 0 Å². The van der Waals surface area contributed by atoms with Crippen LogP contribution in [0.2, 0.25) is 0 Å². The highest BCUT2D eigenvalue weighted by Gasteiger charge is 2.10. The number of hydrogen-bond acceptors (Lipinski definition) is 3. The Morgan fingerprint density at radius 3 is 2.35 bits per heavy atom. The first-order chi connectivity index (χ1) is 12.4. The van der Waals surface area contributed by atoms with Crippen molar-refractivity contribution in [3.05, 3.63) is 75.7 Å². The van der Waals surface area contributed by atoms with Crippen LogP contribution in [0.5, 0.6) is 0 Å². The van der Waals surface area contributed by atoms with Crippen molar-refractivity contribution in [1.82, 2.24) is 9.78 Å². The molecule has 3 aromatic rings. The molecule has 0 spiro atoms. The molecular weight excluding hydrogens is 328 g/mol. The number of nitrogens with zero attached hydrogens (tertiary/aromatic N) is 2. The van der Waals surface area contributed by atoms with Gasteiger partial charge in [-0.2, -0.15) is 0 Å². The van der Waals surface area contributed by atoms with E-state index in [1.807, 2.05) is 38.1 Å². The van der Waals surface area contributed by atoms with E-state index >= 15 is 0 Å². The molecule has 0 unspecified atom stereocenters. The van der Waals surface area contributed by atoms with Gasteiger partial charge in [0.05, 0.1) is 16.9 Å². The van der Waals surface area contributed by atoms with E-state index in [0.29, 0.717) is 16.9 Å². The quantitative estimate of drug-likeness (QED) is 0.708. The minimum Gasteiger partial charge on any atom is -0.326 e. The molecule has 1 amide bonds. The molecule has 0 aliphatic carbocycles. The molecule has 26 heavy (non-hydrogen) atoms. The van der Waals surface area contributed by atoms with E-state index in [9.17, 15) is 9.59 Å². The minimum atomic E-state index is -0.148. The van der Waals surface area contributed by atoms with Crippen LogP contribution in [0.25, 0.3) is 5.69 Å². The number of aryl methyl sites for hydroxylation is 2. The lowest BCUT2D eigenvalue weighted by atomic mass is 10.2. The van der Waals surface area contributed by atoms with Gasteiger partial charge in [-0.1, -0.05) is 17.7 Å². The normalized spacial score (nSPS) is 11.0. The summed E-state index contributed by atoms with van der Waals surface area (Å²) in [7, 11) is 0. The molecule has 6 heteroatoms. The van der Waals surface area contributed by atoms with E-state index in [1.165, 1.54) is 11.6 Å². The second-order valence-electron chi connectivity index (χ2n) is 6.11. The fraction of sp³-hybridized carbons (Fsp3) is 0.150. The zero-order valence-corrected chi connectivity index (χ0v) is 14.9. The highest BCUT2D eigenvalue weighted by Crippen LogP contribution is 2.16. The number of aliphatic imine (C=N–C) groups is 1. The summed E-state index contributed by atoms with van der Waals surface area (Å²) in [5, 5.41) is 5.78. The summed E-state index contributed by atoms with van der Waals surface area (Å²) >= 11 is 0. The molecular formula is C20H20N4O2. The maximum atomic E-state index is 12.7. The van der Waals surface area contributed by atoms with Gasteiger partial charge >= 0.3 is 0 Å². The van der Waals surface area contributed by atoms with Gasteiger partial charge in [0.15, 0.2) is 0 Å². The van der Waals surface area contributed by atoms with Crippen LogP contribution in [-0.2, 0) is 4.79 Å². The van der Waals surface area contributed by atoms with Gasteiger partial charge in [0.1, 0.15) is 0 Å². The summed E-state index contributed by atoms with van der Waals surface area (Å²) in [6.07, 6.45) is 1.56. The van der Waals surface area contributed by atoms with E-state index < -0.39 is 0 Å². The summed E-state index contributed by atoms with van der Waals surface area (Å²) in [6.45, 7) is 5.30. The molecule has 0 aliphatic rings. The molecule has 0 saturated heterocycles. The number of rotatable bonds is 4. The number of hydrogen-bond donors (Lipinski definition) is 2. The van der Waals surface area contributed by atoms with Gasteiger partial charge in [-0.15, -0.1) is 0 Å². The zero-order valence-electron chi connectivity index (χ0n) is 14.9. The van der Waals surface area contributed by atoms with Crippen LogP contribution < -0.4 is 10.9 Å². The van der Waals surface area contributed by atoms with Gasteiger partial charge in [-0.25, -0.2) is 4.68 Å². The predicted molar refractivity (Wildman–Crippen MR) is 104 cm³/mol. The van der Waals surface area contributed by atoms with Crippen molar-refractivity contribution in [3.8, 4) is 5.69 Å². The van der Waals surface area contributed by atoms with E-state index in [1.54, 1.807) is 30.5 Å². The Balaban J connectivity index is 1.86. The second kappa shape index (κ2) is 7.23. The van der Waals surface area contributed by atoms with Crippen LogP contribution in [0.3, 0.4) is 0 Å². The number of carbonyl (C=O) groups is 1. The first kappa shape index (κ1) is 17.4. The fourth-order valence-electron chi connectivity index (χ4n) is 2.56. The van der Waals surface area contributed by atoms with Crippen molar-refractivity contribution in [1.29, 1.82) is 0 Å². The Morgan fingerprint density at radius 2 is 1.73 bits per heavy atom. The largest absolute Gasteiger partial charge is 0.326 e.